The van der Waals surface area contributed by atoms with Crippen molar-refractivity contribution in [3.63, 3.8) is 0 Å². The summed E-state index contributed by atoms with van der Waals surface area (Å²) in [7, 11) is 1.40. The van der Waals surface area contributed by atoms with Gasteiger partial charge in [-0.25, -0.2) is 0 Å². The van der Waals surface area contributed by atoms with Crippen LogP contribution in [-0.4, -0.2) is 36.1 Å². The molecule has 0 aliphatic heterocycles. The lowest BCUT2D eigenvalue weighted by Crippen LogP contribution is -2.19. The number of hydrogen-bond donors (Lipinski definition) is 4. The van der Waals surface area contributed by atoms with Crippen molar-refractivity contribution in [2.45, 2.75) is 19.4 Å². The van der Waals surface area contributed by atoms with E-state index in [9.17, 15) is 4.79 Å². The fourth-order valence-corrected chi connectivity index (χ4v) is 3.68. The van der Waals surface area contributed by atoms with E-state index in [1.54, 1.807) is 6.20 Å². The van der Waals surface area contributed by atoms with Gasteiger partial charge >= 0.3 is 5.97 Å². The van der Waals surface area contributed by atoms with Gasteiger partial charge in [0.05, 0.1) is 19.2 Å². The molecular weight excluding hydrogens is 414 g/mol. The Morgan fingerprint density at radius 3 is 2.67 bits per heavy atom. The normalized spacial score (nSPS) is 10.8. The Hall–Kier alpha value is -3.84. The van der Waals surface area contributed by atoms with Crippen LogP contribution in [0, 0.1) is 0 Å². The average Bonchev–Trinajstić information content (AvgIpc) is 3.26. The number of carbonyl (C=O) groups excluding carboxylic acids is 1. The number of nitrogens with one attached hydrogen (secondary N) is 4. The summed E-state index contributed by atoms with van der Waals surface area (Å²) in [5, 5.41) is 11.4. The van der Waals surface area contributed by atoms with Crippen molar-refractivity contribution in [1.29, 1.82) is 0 Å². The number of ether oxygens (including phenoxy) is 1. The highest BCUT2D eigenvalue weighted by molar-refractivity contribution is 5.83. The van der Waals surface area contributed by atoms with Crippen LogP contribution in [0.25, 0.3) is 10.9 Å². The number of carbonyl (C=O) groups is 1. The van der Waals surface area contributed by atoms with E-state index in [2.05, 4.69) is 79.3 Å². The Morgan fingerprint density at radius 1 is 1.00 bits per heavy atom. The molecule has 7 heteroatoms. The Labute approximate surface area is 193 Å². The molecule has 33 heavy (non-hydrogen) atoms. The number of hydrogen-bond acceptors (Lipinski definition) is 6. The molecule has 0 radical (unpaired) electrons. The number of fused-ring (bicyclic) bond motifs is 1. The van der Waals surface area contributed by atoms with Gasteiger partial charge in [0.1, 0.15) is 0 Å². The van der Waals surface area contributed by atoms with E-state index in [0.29, 0.717) is 19.5 Å². The maximum Gasteiger partial charge on any atom is 0.306 e. The number of esters is 1. The summed E-state index contributed by atoms with van der Waals surface area (Å²) in [6, 6.07) is 20.6. The fraction of sp³-hybridized carbons (Fsp3) is 0.231. The Morgan fingerprint density at radius 2 is 1.82 bits per heavy atom. The molecule has 0 aliphatic rings. The summed E-state index contributed by atoms with van der Waals surface area (Å²) in [5.74, 6) is -0.221. The molecular formula is C26H29N5O2. The molecule has 4 rings (SSSR count). The zero-order valence-electron chi connectivity index (χ0n) is 18.7. The van der Waals surface area contributed by atoms with Gasteiger partial charge in [-0.15, -0.1) is 0 Å². The summed E-state index contributed by atoms with van der Waals surface area (Å²) in [5.41, 5.74) is 6.47. The summed E-state index contributed by atoms with van der Waals surface area (Å²) < 4.78 is 4.64. The highest BCUT2D eigenvalue weighted by Gasteiger charge is 2.04. The number of methoxy groups -OCH3 is 1. The van der Waals surface area contributed by atoms with Crippen LogP contribution < -0.4 is 16.0 Å². The topological polar surface area (TPSA) is 91.1 Å². The lowest BCUT2D eigenvalue weighted by molar-refractivity contribution is -0.140. The van der Waals surface area contributed by atoms with Crippen LogP contribution in [-0.2, 0) is 22.5 Å². The first-order chi connectivity index (χ1) is 16.2. The molecule has 2 heterocycles. The highest BCUT2D eigenvalue weighted by atomic mass is 16.5. The second-order valence-electron chi connectivity index (χ2n) is 7.78. The van der Waals surface area contributed by atoms with E-state index < -0.39 is 0 Å². The molecule has 0 saturated heterocycles. The van der Waals surface area contributed by atoms with Crippen LogP contribution in [0.1, 0.15) is 17.7 Å². The van der Waals surface area contributed by atoms with Gasteiger partial charge in [-0.3, -0.25) is 9.78 Å². The number of nitrogens with zero attached hydrogens (tertiary/aromatic N) is 1. The first-order valence-electron chi connectivity index (χ1n) is 11.1. The lowest BCUT2D eigenvalue weighted by atomic mass is 10.1. The average molecular weight is 444 g/mol. The van der Waals surface area contributed by atoms with Crippen molar-refractivity contribution in [2.24, 2.45) is 0 Å². The van der Waals surface area contributed by atoms with Crippen molar-refractivity contribution < 1.29 is 9.53 Å². The predicted molar refractivity (Wildman–Crippen MR) is 133 cm³/mol. The van der Waals surface area contributed by atoms with Crippen molar-refractivity contribution in [1.82, 2.24) is 15.3 Å². The minimum atomic E-state index is -0.221. The van der Waals surface area contributed by atoms with E-state index in [4.69, 9.17) is 0 Å². The van der Waals surface area contributed by atoms with Crippen molar-refractivity contribution in [3.05, 3.63) is 84.3 Å². The Kier molecular flexibility index (Phi) is 7.56. The number of pyridine rings is 1. The lowest BCUT2D eigenvalue weighted by Gasteiger charge is -2.10. The standard InChI is InChI=1S/C26H29N5O2/c1-33-26(32)12-13-27-18-23-16-22(11-15-29-23)31-21-8-6-20(7-9-21)28-14-10-19-17-30-25-5-3-2-4-24(19)25/h2-9,11,15-17,27-28,30H,10,12-14,18H2,1H3,(H,29,31). The smallest absolute Gasteiger partial charge is 0.306 e. The number of benzene rings is 2. The Bertz CT molecular complexity index is 1190. The van der Waals surface area contributed by atoms with Gasteiger partial charge < -0.3 is 25.7 Å². The zero-order chi connectivity index (χ0) is 22.9. The van der Waals surface area contributed by atoms with Crippen LogP contribution in [0.5, 0.6) is 0 Å². The SMILES string of the molecule is COC(=O)CCNCc1cc(Nc2ccc(NCCc3c[nH]c4ccccc34)cc2)ccn1. The molecule has 2 aromatic heterocycles. The summed E-state index contributed by atoms with van der Waals surface area (Å²) in [4.78, 5) is 18.9. The van der Waals surface area contributed by atoms with Gasteiger partial charge in [0.15, 0.2) is 0 Å². The third-order valence-electron chi connectivity index (χ3n) is 5.43. The van der Waals surface area contributed by atoms with E-state index in [1.165, 1.54) is 23.6 Å². The highest BCUT2D eigenvalue weighted by Crippen LogP contribution is 2.21. The van der Waals surface area contributed by atoms with Gasteiger partial charge in [0.2, 0.25) is 0 Å². The van der Waals surface area contributed by atoms with Crippen LogP contribution in [0.2, 0.25) is 0 Å². The first-order valence-corrected chi connectivity index (χ1v) is 11.1. The number of aromatic nitrogens is 2. The summed E-state index contributed by atoms with van der Waals surface area (Å²) in [6.07, 6.45) is 5.17. The van der Waals surface area contributed by atoms with Crippen LogP contribution in [0.3, 0.4) is 0 Å². The summed E-state index contributed by atoms with van der Waals surface area (Å²) in [6.45, 7) is 2.01. The number of para-hydroxylation sites is 1. The molecule has 0 saturated carbocycles. The minimum absolute atomic E-state index is 0.221. The van der Waals surface area contributed by atoms with Gasteiger partial charge in [-0.05, 0) is 54.4 Å². The molecule has 0 atom stereocenters. The Balaban J connectivity index is 1.25. The van der Waals surface area contributed by atoms with Gasteiger partial charge in [0, 0.05) is 60.0 Å². The van der Waals surface area contributed by atoms with Crippen molar-refractivity contribution >= 4 is 33.9 Å². The third kappa shape index (κ3) is 6.33. The fourth-order valence-electron chi connectivity index (χ4n) is 3.68. The van der Waals surface area contributed by atoms with Gasteiger partial charge in [-0.2, -0.15) is 0 Å². The van der Waals surface area contributed by atoms with Gasteiger partial charge in [-0.1, -0.05) is 18.2 Å². The quantitative estimate of drug-likeness (QED) is 0.200. The van der Waals surface area contributed by atoms with Crippen LogP contribution in [0.15, 0.2) is 73.1 Å². The van der Waals surface area contributed by atoms with E-state index in [-0.39, 0.29) is 5.97 Å². The molecule has 4 aromatic rings. The van der Waals surface area contributed by atoms with Gasteiger partial charge in [0.25, 0.3) is 0 Å². The van der Waals surface area contributed by atoms with Crippen molar-refractivity contribution in [2.75, 3.05) is 30.8 Å². The number of aromatic amines is 1. The van der Waals surface area contributed by atoms with Crippen LogP contribution in [0.4, 0.5) is 17.1 Å². The molecule has 2 aromatic carbocycles. The predicted octanol–water partition coefficient (Wildman–Crippen LogP) is 4.61. The van der Waals surface area contributed by atoms with Crippen molar-refractivity contribution in [3.8, 4) is 0 Å². The van der Waals surface area contributed by atoms with Crippen LogP contribution >= 0.6 is 0 Å². The minimum Gasteiger partial charge on any atom is -0.469 e. The molecule has 0 aliphatic carbocycles. The second-order valence-corrected chi connectivity index (χ2v) is 7.78. The molecule has 7 nitrogen and oxygen atoms in total. The molecule has 0 bridgehead atoms. The second kappa shape index (κ2) is 11.2. The molecule has 4 N–H and O–H groups in total. The zero-order valence-corrected chi connectivity index (χ0v) is 18.7. The largest absolute Gasteiger partial charge is 0.469 e. The monoisotopic (exact) mass is 443 g/mol. The number of rotatable bonds is 11. The van der Waals surface area contributed by atoms with E-state index in [0.717, 1.165) is 35.7 Å². The van der Waals surface area contributed by atoms with E-state index >= 15 is 0 Å². The molecule has 0 fully saturated rings. The molecule has 0 unspecified atom stereocenters. The molecule has 0 amide bonds. The molecule has 0 spiro atoms. The first kappa shape index (κ1) is 22.4. The number of H-pyrrole nitrogens is 1. The summed E-state index contributed by atoms with van der Waals surface area (Å²) >= 11 is 0. The maximum absolute atomic E-state index is 11.2. The maximum atomic E-state index is 11.2. The number of anilines is 3. The third-order valence-corrected chi connectivity index (χ3v) is 5.43. The van der Waals surface area contributed by atoms with E-state index in [1.807, 2.05) is 18.2 Å². The molecule has 170 valence electrons.